The zero-order chi connectivity index (χ0) is 22.8. The van der Waals surface area contributed by atoms with E-state index in [1.54, 1.807) is 18.2 Å². The molecule has 0 saturated carbocycles. The van der Waals surface area contributed by atoms with E-state index in [0.717, 1.165) is 24.0 Å². The largest absolute Gasteiger partial charge is 0.465 e. The van der Waals surface area contributed by atoms with Crippen molar-refractivity contribution in [3.05, 3.63) is 72.0 Å². The average Bonchev–Trinajstić information content (AvgIpc) is 2.72. The molecule has 0 unspecified atom stereocenters. The molecule has 0 aliphatic heterocycles. The van der Waals surface area contributed by atoms with Crippen LogP contribution in [-0.4, -0.2) is 11.9 Å². The molecule has 0 aliphatic rings. The van der Waals surface area contributed by atoms with Gasteiger partial charge in [-0.05, 0) is 43.9 Å². The third-order valence-electron chi connectivity index (χ3n) is 4.31. The van der Waals surface area contributed by atoms with E-state index in [4.69, 9.17) is 19.2 Å². The van der Waals surface area contributed by atoms with Gasteiger partial charge in [-0.3, -0.25) is 9.68 Å². The van der Waals surface area contributed by atoms with Gasteiger partial charge >= 0.3 is 11.9 Å². The van der Waals surface area contributed by atoms with Crippen LogP contribution in [0.2, 0.25) is 0 Å². The van der Waals surface area contributed by atoms with Crippen molar-refractivity contribution in [1.29, 1.82) is 0 Å². The van der Waals surface area contributed by atoms with Crippen LogP contribution in [0.15, 0.2) is 55.3 Å². The summed E-state index contributed by atoms with van der Waals surface area (Å²) in [6.45, 7) is 11.0. The number of esters is 1. The van der Waals surface area contributed by atoms with Gasteiger partial charge in [0, 0.05) is 24.1 Å². The first kappa shape index (κ1) is 23.7. The summed E-state index contributed by atoms with van der Waals surface area (Å²) >= 11 is 0. The van der Waals surface area contributed by atoms with Crippen LogP contribution < -0.4 is 14.4 Å². The average molecular weight is 424 g/mol. The Morgan fingerprint density at radius 1 is 1.10 bits per heavy atom. The molecule has 0 radical (unpaired) electrons. The Morgan fingerprint density at radius 3 is 2.48 bits per heavy atom. The number of carbonyl (C=O) groups excluding carboxylic acids is 2. The summed E-state index contributed by atoms with van der Waals surface area (Å²) < 4.78 is 10.6. The number of rotatable bonds is 10. The van der Waals surface area contributed by atoms with E-state index in [-0.39, 0.29) is 11.3 Å². The molecular weight excluding hydrogens is 396 g/mol. The maximum absolute atomic E-state index is 12.6. The lowest BCUT2D eigenvalue weighted by Crippen LogP contribution is -2.13. The predicted molar refractivity (Wildman–Crippen MR) is 119 cm³/mol. The lowest BCUT2D eigenvalue weighted by atomic mass is 9.99. The molecule has 2 aromatic carbocycles. The first-order valence-corrected chi connectivity index (χ1v) is 10.1. The van der Waals surface area contributed by atoms with E-state index in [0.29, 0.717) is 17.4 Å². The van der Waals surface area contributed by atoms with Crippen molar-refractivity contribution in [3.8, 4) is 17.2 Å². The van der Waals surface area contributed by atoms with E-state index in [1.165, 1.54) is 25.3 Å². The minimum atomic E-state index is -0.782. The van der Waals surface area contributed by atoms with E-state index in [1.807, 2.05) is 25.1 Å². The highest BCUT2D eigenvalue weighted by atomic mass is 17.2. The van der Waals surface area contributed by atoms with E-state index < -0.39 is 11.9 Å². The molecule has 0 amide bonds. The third kappa shape index (κ3) is 7.03. The lowest BCUT2D eigenvalue weighted by Gasteiger charge is -2.15. The SMILES string of the molecule is C=COc1cc(OOC(=O)c2ccccc2OC(C)=O)c(CCC(C)C)cc1/C=C\C. The van der Waals surface area contributed by atoms with Gasteiger partial charge in [0.15, 0.2) is 5.75 Å². The van der Waals surface area contributed by atoms with Gasteiger partial charge in [-0.15, -0.1) is 0 Å². The molecule has 0 saturated heterocycles. The minimum absolute atomic E-state index is 0.0783. The second-order valence-corrected chi connectivity index (χ2v) is 7.26. The number of benzene rings is 2. The predicted octanol–water partition coefficient (Wildman–Crippen LogP) is 5.91. The number of ether oxygens (including phenoxy) is 2. The van der Waals surface area contributed by atoms with E-state index in [9.17, 15) is 9.59 Å². The summed E-state index contributed by atoms with van der Waals surface area (Å²) in [6, 6.07) is 9.90. The highest BCUT2D eigenvalue weighted by Crippen LogP contribution is 2.32. The Morgan fingerprint density at radius 2 is 1.84 bits per heavy atom. The van der Waals surface area contributed by atoms with Crippen LogP contribution in [0.4, 0.5) is 0 Å². The number of aryl methyl sites for hydroxylation is 1. The maximum atomic E-state index is 12.6. The summed E-state index contributed by atoms with van der Waals surface area (Å²) in [5.74, 6) is 0.151. The molecule has 0 aromatic heterocycles. The van der Waals surface area contributed by atoms with Crippen LogP contribution in [-0.2, 0) is 16.1 Å². The fourth-order valence-corrected chi connectivity index (χ4v) is 2.85. The van der Waals surface area contributed by atoms with Crippen molar-refractivity contribution in [1.82, 2.24) is 0 Å². The molecular formula is C25H28O6. The fourth-order valence-electron chi connectivity index (χ4n) is 2.85. The van der Waals surface area contributed by atoms with Crippen molar-refractivity contribution >= 4 is 18.0 Å². The topological polar surface area (TPSA) is 71.1 Å². The standard InChI is InChI=1S/C25H28O6/c1-6-10-19-15-20(14-13-17(3)4)24(16-23(19)28-7-2)30-31-25(27)21-11-8-9-12-22(21)29-18(5)26/h6-12,15-17H,2,13-14H2,1,3-5H3/b10-6-. The lowest BCUT2D eigenvalue weighted by molar-refractivity contribution is -0.150. The van der Waals surface area contributed by atoms with Crippen molar-refractivity contribution in [2.45, 2.75) is 40.5 Å². The quantitative estimate of drug-likeness (QED) is 0.155. The van der Waals surface area contributed by atoms with Crippen LogP contribution in [0, 0.1) is 5.92 Å². The zero-order valence-corrected chi connectivity index (χ0v) is 18.3. The van der Waals surface area contributed by atoms with Crippen LogP contribution in [0.5, 0.6) is 17.2 Å². The molecule has 2 aromatic rings. The molecule has 31 heavy (non-hydrogen) atoms. The number of allylic oxidation sites excluding steroid dienone is 1. The van der Waals surface area contributed by atoms with Crippen LogP contribution in [0.25, 0.3) is 6.08 Å². The molecule has 0 bridgehead atoms. The summed E-state index contributed by atoms with van der Waals surface area (Å²) in [5, 5.41) is 0. The second kappa shape index (κ2) is 11.6. The number of carbonyl (C=O) groups is 2. The van der Waals surface area contributed by atoms with Crippen molar-refractivity contribution in [2.24, 2.45) is 5.92 Å². The smallest absolute Gasteiger partial charge is 0.389 e. The van der Waals surface area contributed by atoms with Crippen LogP contribution in [0.3, 0.4) is 0 Å². The summed E-state index contributed by atoms with van der Waals surface area (Å²) in [5.41, 5.74) is 1.81. The number of hydrogen-bond donors (Lipinski definition) is 0. The molecule has 6 heteroatoms. The Labute approximate surface area is 183 Å². The second-order valence-electron chi connectivity index (χ2n) is 7.26. The first-order chi connectivity index (χ1) is 14.8. The van der Waals surface area contributed by atoms with Gasteiger partial charge in [0.2, 0.25) is 0 Å². The van der Waals surface area contributed by atoms with Gasteiger partial charge in [-0.1, -0.05) is 44.7 Å². The van der Waals surface area contributed by atoms with Crippen LogP contribution in [0.1, 0.15) is 55.6 Å². The summed E-state index contributed by atoms with van der Waals surface area (Å²) in [4.78, 5) is 34.4. The Hall–Kier alpha value is -3.54. The Kier molecular flexibility index (Phi) is 8.88. The normalized spacial score (nSPS) is 10.7. The van der Waals surface area contributed by atoms with Gasteiger partial charge in [0.05, 0.1) is 6.26 Å². The molecule has 164 valence electrons. The van der Waals surface area contributed by atoms with Gasteiger partial charge in [0.25, 0.3) is 0 Å². The molecule has 0 atom stereocenters. The highest BCUT2D eigenvalue weighted by molar-refractivity contribution is 5.93. The van der Waals surface area contributed by atoms with E-state index >= 15 is 0 Å². The first-order valence-electron chi connectivity index (χ1n) is 10.1. The van der Waals surface area contributed by atoms with Gasteiger partial charge in [-0.2, -0.15) is 0 Å². The monoisotopic (exact) mass is 424 g/mol. The van der Waals surface area contributed by atoms with Gasteiger partial charge < -0.3 is 9.47 Å². The third-order valence-corrected chi connectivity index (χ3v) is 4.31. The van der Waals surface area contributed by atoms with Crippen molar-refractivity contribution < 1.29 is 28.8 Å². The molecule has 0 heterocycles. The number of hydrogen-bond acceptors (Lipinski definition) is 6. The maximum Gasteiger partial charge on any atom is 0.389 e. The highest BCUT2D eigenvalue weighted by Gasteiger charge is 2.19. The summed E-state index contributed by atoms with van der Waals surface area (Å²) in [7, 11) is 0. The van der Waals surface area contributed by atoms with Gasteiger partial charge in [-0.25, -0.2) is 9.68 Å². The van der Waals surface area contributed by atoms with E-state index in [2.05, 4.69) is 20.4 Å². The Bertz CT molecular complexity index is 958. The molecule has 0 N–H and O–H groups in total. The molecule has 0 fully saturated rings. The fraction of sp³-hybridized carbons (Fsp3) is 0.280. The number of para-hydroxylation sites is 1. The molecule has 6 nitrogen and oxygen atoms in total. The molecule has 2 rings (SSSR count). The Balaban J connectivity index is 2.31. The van der Waals surface area contributed by atoms with Crippen molar-refractivity contribution in [2.75, 3.05) is 0 Å². The van der Waals surface area contributed by atoms with Crippen LogP contribution >= 0.6 is 0 Å². The van der Waals surface area contributed by atoms with Gasteiger partial charge in [0.1, 0.15) is 17.1 Å². The van der Waals surface area contributed by atoms with Crippen molar-refractivity contribution in [3.63, 3.8) is 0 Å². The summed E-state index contributed by atoms with van der Waals surface area (Å²) in [6.07, 6.45) is 6.80. The molecule has 0 aliphatic carbocycles. The molecule has 0 spiro atoms. The minimum Gasteiger partial charge on any atom is -0.465 e. The zero-order valence-electron chi connectivity index (χ0n) is 18.3.